The van der Waals surface area contributed by atoms with Gasteiger partial charge in [0.1, 0.15) is 5.75 Å². The van der Waals surface area contributed by atoms with E-state index in [1.54, 1.807) is 7.11 Å². The van der Waals surface area contributed by atoms with Crippen LogP contribution in [0.4, 0.5) is 5.69 Å². The highest BCUT2D eigenvalue weighted by Crippen LogP contribution is 2.33. The van der Waals surface area contributed by atoms with Crippen LogP contribution >= 0.6 is 27.5 Å². The molecule has 1 unspecified atom stereocenters. The van der Waals surface area contributed by atoms with Crippen LogP contribution in [0.1, 0.15) is 31.4 Å². The summed E-state index contributed by atoms with van der Waals surface area (Å²) in [5.41, 5.74) is 2.21. The molecule has 2 nitrogen and oxygen atoms in total. The zero-order valence-corrected chi connectivity index (χ0v) is 14.5. The predicted molar refractivity (Wildman–Crippen MR) is 93.4 cm³/mol. The third kappa shape index (κ3) is 4.39. The van der Waals surface area contributed by atoms with Gasteiger partial charge in [-0.05, 0) is 42.3 Å². The fraction of sp³-hybridized carbons (Fsp3) is 0.294. The molecular formula is C17H19BrClNO. The van der Waals surface area contributed by atoms with Crippen molar-refractivity contribution in [3.63, 3.8) is 0 Å². The van der Waals surface area contributed by atoms with Gasteiger partial charge in [0, 0.05) is 9.50 Å². The molecule has 4 heteroatoms. The summed E-state index contributed by atoms with van der Waals surface area (Å²) in [4.78, 5) is 0. The first-order chi connectivity index (χ1) is 10.1. The number of hydrogen-bond acceptors (Lipinski definition) is 2. The van der Waals surface area contributed by atoms with Crippen molar-refractivity contribution < 1.29 is 4.74 Å². The maximum absolute atomic E-state index is 5.98. The minimum atomic E-state index is 0.232. The normalized spacial score (nSPS) is 12.0. The molecule has 112 valence electrons. The minimum Gasteiger partial charge on any atom is -0.495 e. The van der Waals surface area contributed by atoms with Gasteiger partial charge >= 0.3 is 0 Å². The van der Waals surface area contributed by atoms with Gasteiger partial charge in [0.15, 0.2) is 0 Å². The van der Waals surface area contributed by atoms with Crippen molar-refractivity contribution in [2.24, 2.45) is 0 Å². The minimum absolute atomic E-state index is 0.232. The quantitative estimate of drug-likeness (QED) is 0.668. The number of methoxy groups -OCH3 is 1. The molecule has 0 bridgehead atoms. The van der Waals surface area contributed by atoms with Crippen LogP contribution in [-0.4, -0.2) is 7.11 Å². The largest absolute Gasteiger partial charge is 0.495 e. The lowest BCUT2D eigenvalue weighted by Gasteiger charge is -2.21. The van der Waals surface area contributed by atoms with Gasteiger partial charge in [-0.1, -0.05) is 53.0 Å². The van der Waals surface area contributed by atoms with Crippen molar-refractivity contribution >= 4 is 33.2 Å². The first kappa shape index (κ1) is 16.2. The van der Waals surface area contributed by atoms with Crippen molar-refractivity contribution in [2.75, 3.05) is 12.4 Å². The van der Waals surface area contributed by atoms with Gasteiger partial charge in [0.25, 0.3) is 0 Å². The molecule has 0 radical (unpaired) electrons. The fourth-order valence-corrected chi connectivity index (χ4v) is 2.77. The SMILES string of the molecule is CCCC(Nc1cc(Br)ccc1OC)c1ccc(Cl)cc1. The Morgan fingerprint density at radius 1 is 1.19 bits per heavy atom. The molecule has 0 aliphatic rings. The van der Waals surface area contributed by atoms with Crippen molar-refractivity contribution in [3.8, 4) is 5.75 Å². The van der Waals surface area contributed by atoms with Gasteiger partial charge in [0.2, 0.25) is 0 Å². The molecule has 0 aliphatic carbocycles. The Morgan fingerprint density at radius 3 is 2.52 bits per heavy atom. The summed E-state index contributed by atoms with van der Waals surface area (Å²) < 4.78 is 6.46. The molecule has 0 saturated heterocycles. The number of halogens is 2. The molecule has 0 saturated carbocycles. The van der Waals surface area contributed by atoms with Crippen LogP contribution in [0.15, 0.2) is 46.9 Å². The molecule has 0 aliphatic heterocycles. The van der Waals surface area contributed by atoms with E-state index >= 15 is 0 Å². The average Bonchev–Trinajstić information content (AvgIpc) is 2.48. The summed E-state index contributed by atoms with van der Waals surface area (Å²) in [5, 5.41) is 4.34. The van der Waals surface area contributed by atoms with Gasteiger partial charge in [-0.3, -0.25) is 0 Å². The average molecular weight is 369 g/mol. The Balaban J connectivity index is 2.27. The lowest BCUT2D eigenvalue weighted by molar-refractivity contribution is 0.415. The van der Waals surface area contributed by atoms with Crippen LogP contribution in [0.2, 0.25) is 5.02 Å². The summed E-state index contributed by atoms with van der Waals surface area (Å²) in [7, 11) is 1.69. The van der Waals surface area contributed by atoms with Crippen LogP contribution in [0.25, 0.3) is 0 Å². The maximum Gasteiger partial charge on any atom is 0.142 e. The van der Waals surface area contributed by atoms with E-state index in [0.717, 1.165) is 33.8 Å². The third-order valence-electron chi connectivity index (χ3n) is 3.34. The maximum atomic E-state index is 5.98. The summed E-state index contributed by atoms with van der Waals surface area (Å²) in [6, 6.07) is 14.2. The first-order valence-corrected chi connectivity index (χ1v) is 8.16. The van der Waals surface area contributed by atoms with E-state index in [9.17, 15) is 0 Å². The molecule has 2 rings (SSSR count). The van der Waals surface area contributed by atoms with E-state index in [1.165, 1.54) is 5.56 Å². The number of benzene rings is 2. The predicted octanol–water partition coefficient (Wildman–Crippen LogP) is 6.06. The van der Waals surface area contributed by atoms with Crippen LogP contribution in [0, 0.1) is 0 Å². The Kier molecular flexibility index (Phi) is 5.95. The van der Waals surface area contributed by atoms with Crippen molar-refractivity contribution in [1.82, 2.24) is 0 Å². The topological polar surface area (TPSA) is 21.3 Å². The Morgan fingerprint density at radius 2 is 1.90 bits per heavy atom. The number of hydrogen-bond donors (Lipinski definition) is 1. The summed E-state index contributed by atoms with van der Waals surface area (Å²) in [6.07, 6.45) is 2.13. The molecule has 0 aromatic heterocycles. The molecule has 21 heavy (non-hydrogen) atoms. The van der Waals surface area contributed by atoms with E-state index in [1.807, 2.05) is 30.3 Å². The molecular weight excluding hydrogens is 350 g/mol. The molecule has 2 aromatic carbocycles. The zero-order valence-electron chi connectivity index (χ0n) is 12.2. The highest BCUT2D eigenvalue weighted by Gasteiger charge is 2.13. The summed E-state index contributed by atoms with van der Waals surface area (Å²) in [6.45, 7) is 2.18. The van der Waals surface area contributed by atoms with E-state index in [2.05, 4.69) is 40.3 Å². The molecule has 2 aromatic rings. The van der Waals surface area contributed by atoms with E-state index < -0.39 is 0 Å². The van der Waals surface area contributed by atoms with Crippen LogP contribution < -0.4 is 10.1 Å². The lowest BCUT2D eigenvalue weighted by atomic mass is 10.0. The second kappa shape index (κ2) is 7.71. The fourth-order valence-electron chi connectivity index (χ4n) is 2.29. The molecule has 0 amide bonds. The second-order valence-electron chi connectivity index (χ2n) is 4.88. The highest BCUT2D eigenvalue weighted by atomic mass is 79.9. The summed E-state index contributed by atoms with van der Waals surface area (Å²) in [5.74, 6) is 0.841. The van der Waals surface area contributed by atoms with Crippen molar-refractivity contribution in [3.05, 3.63) is 57.5 Å². The second-order valence-corrected chi connectivity index (χ2v) is 6.23. The van der Waals surface area contributed by atoms with E-state index in [0.29, 0.717) is 0 Å². The Hall–Kier alpha value is -1.19. The van der Waals surface area contributed by atoms with Gasteiger partial charge in [0.05, 0.1) is 18.8 Å². The van der Waals surface area contributed by atoms with Crippen molar-refractivity contribution in [1.29, 1.82) is 0 Å². The monoisotopic (exact) mass is 367 g/mol. The van der Waals surface area contributed by atoms with E-state index in [4.69, 9.17) is 16.3 Å². The zero-order chi connectivity index (χ0) is 15.2. The number of rotatable bonds is 6. The number of nitrogens with one attached hydrogen (secondary N) is 1. The molecule has 1 N–H and O–H groups in total. The number of ether oxygens (including phenoxy) is 1. The third-order valence-corrected chi connectivity index (χ3v) is 4.09. The van der Waals surface area contributed by atoms with Gasteiger partial charge in [-0.2, -0.15) is 0 Å². The van der Waals surface area contributed by atoms with Crippen LogP contribution in [-0.2, 0) is 0 Å². The van der Waals surface area contributed by atoms with E-state index in [-0.39, 0.29) is 6.04 Å². The van der Waals surface area contributed by atoms with Crippen LogP contribution in [0.3, 0.4) is 0 Å². The molecule has 1 atom stereocenters. The van der Waals surface area contributed by atoms with Gasteiger partial charge in [-0.25, -0.2) is 0 Å². The van der Waals surface area contributed by atoms with Gasteiger partial charge < -0.3 is 10.1 Å². The van der Waals surface area contributed by atoms with Crippen LogP contribution in [0.5, 0.6) is 5.75 Å². The van der Waals surface area contributed by atoms with Crippen molar-refractivity contribution in [2.45, 2.75) is 25.8 Å². The van der Waals surface area contributed by atoms with Gasteiger partial charge in [-0.15, -0.1) is 0 Å². The summed E-state index contributed by atoms with van der Waals surface area (Å²) >= 11 is 9.48. The first-order valence-electron chi connectivity index (χ1n) is 6.99. The highest BCUT2D eigenvalue weighted by molar-refractivity contribution is 9.10. The standard InChI is InChI=1S/C17H19BrClNO/c1-3-4-15(12-5-8-14(19)9-6-12)20-16-11-13(18)7-10-17(16)21-2/h5-11,15,20H,3-4H2,1-2H3. The molecule has 0 fully saturated rings. The smallest absolute Gasteiger partial charge is 0.142 e. The number of anilines is 1. The Bertz CT molecular complexity index is 586. The molecule has 0 spiro atoms. The lowest BCUT2D eigenvalue weighted by Crippen LogP contribution is -2.11. The Labute approximate surface area is 139 Å². The molecule has 0 heterocycles.